The number of nitrogen functional groups attached to an aromatic ring is 1. The quantitative estimate of drug-likeness (QED) is 0.593. The predicted molar refractivity (Wildman–Crippen MR) is 86.5 cm³/mol. The van der Waals surface area contributed by atoms with Gasteiger partial charge in [-0.25, -0.2) is 13.6 Å². The molecule has 0 fully saturated rings. The lowest BCUT2D eigenvalue weighted by molar-refractivity contribution is 0.483. The molecule has 0 aliphatic heterocycles. The van der Waals surface area contributed by atoms with Crippen molar-refractivity contribution in [2.45, 2.75) is 4.90 Å². The second-order valence-corrected chi connectivity index (χ2v) is 7.21. The summed E-state index contributed by atoms with van der Waals surface area (Å²) < 4.78 is 29.0. The fourth-order valence-corrected chi connectivity index (χ4v) is 3.07. The Morgan fingerprint density at radius 2 is 1.76 bits per heavy atom. The van der Waals surface area contributed by atoms with Crippen LogP contribution in [0.5, 0.6) is 11.5 Å². The van der Waals surface area contributed by atoms with Gasteiger partial charge >= 0.3 is 0 Å². The number of nitrogens with two attached hydrogens (primary N) is 2. The number of hydrogen-bond donors (Lipinski definition) is 2. The Bertz CT molecular complexity index is 812. The fraction of sp³-hybridized carbons (Fsp3) is 0. The first kappa shape index (κ1) is 16.4. The zero-order valence-electron chi connectivity index (χ0n) is 10.3. The Kier molecular flexibility index (Phi) is 4.69. The standard InChI is InChI=1S/C12H9BrCl2N2O3S/c13-6-4-8(15)10(5-7(6)14)20-9-2-1-3-11(12(9)16)21(17,18)19/h1-5H,16H2,(H2,17,18,19). The van der Waals surface area contributed by atoms with Crippen molar-refractivity contribution in [1.82, 2.24) is 0 Å². The van der Waals surface area contributed by atoms with Crippen LogP contribution >= 0.6 is 39.1 Å². The number of halogens is 3. The lowest BCUT2D eigenvalue weighted by Gasteiger charge is -2.12. The van der Waals surface area contributed by atoms with Crippen molar-refractivity contribution in [2.24, 2.45) is 5.14 Å². The molecule has 0 saturated carbocycles. The monoisotopic (exact) mass is 410 g/mol. The predicted octanol–water partition coefficient (Wildman–Crippen LogP) is 3.78. The third-order valence-electron chi connectivity index (χ3n) is 2.53. The van der Waals surface area contributed by atoms with Gasteiger partial charge in [0.25, 0.3) is 0 Å². The molecule has 0 spiro atoms. The number of benzene rings is 2. The molecule has 5 nitrogen and oxygen atoms in total. The summed E-state index contributed by atoms with van der Waals surface area (Å²) in [7, 11) is -3.94. The lowest BCUT2D eigenvalue weighted by atomic mass is 10.3. The average Bonchev–Trinajstić information content (AvgIpc) is 2.36. The van der Waals surface area contributed by atoms with Crippen molar-refractivity contribution in [3.8, 4) is 11.5 Å². The van der Waals surface area contributed by atoms with Gasteiger partial charge in [0.05, 0.1) is 15.7 Å². The molecule has 0 atom stereocenters. The van der Waals surface area contributed by atoms with Crippen LogP contribution in [0.2, 0.25) is 10.0 Å². The average molecular weight is 412 g/mol. The van der Waals surface area contributed by atoms with Crippen LogP contribution in [0.3, 0.4) is 0 Å². The van der Waals surface area contributed by atoms with Crippen LogP contribution in [-0.2, 0) is 10.0 Å². The van der Waals surface area contributed by atoms with E-state index in [1.165, 1.54) is 24.3 Å². The topological polar surface area (TPSA) is 95.4 Å². The highest BCUT2D eigenvalue weighted by atomic mass is 79.9. The highest BCUT2D eigenvalue weighted by Gasteiger charge is 2.17. The van der Waals surface area contributed by atoms with Crippen LogP contribution in [-0.4, -0.2) is 8.42 Å². The molecule has 2 aromatic carbocycles. The molecular weight excluding hydrogens is 403 g/mol. The Morgan fingerprint density at radius 1 is 1.10 bits per heavy atom. The summed E-state index contributed by atoms with van der Waals surface area (Å²) in [6.45, 7) is 0. The molecular formula is C12H9BrCl2N2O3S. The molecule has 0 radical (unpaired) electrons. The Hall–Kier alpha value is -0.990. The summed E-state index contributed by atoms with van der Waals surface area (Å²) >= 11 is 15.2. The van der Waals surface area contributed by atoms with Crippen molar-refractivity contribution in [3.63, 3.8) is 0 Å². The Balaban J connectivity index is 2.49. The third kappa shape index (κ3) is 3.61. The largest absolute Gasteiger partial charge is 0.454 e. The van der Waals surface area contributed by atoms with E-state index in [0.29, 0.717) is 9.50 Å². The first-order valence-corrected chi connectivity index (χ1v) is 8.53. The lowest BCUT2D eigenvalue weighted by Crippen LogP contribution is -2.14. The zero-order chi connectivity index (χ0) is 15.8. The molecule has 0 aliphatic rings. The molecule has 0 heterocycles. The minimum atomic E-state index is -3.94. The summed E-state index contributed by atoms with van der Waals surface area (Å²) in [5, 5.41) is 5.75. The normalized spacial score (nSPS) is 11.4. The molecule has 21 heavy (non-hydrogen) atoms. The molecule has 9 heteroatoms. The van der Waals surface area contributed by atoms with Crippen LogP contribution in [0, 0.1) is 0 Å². The zero-order valence-corrected chi connectivity index (χ0v) is 14.2. The number of primary sulfonamides is 1. The smallest absolute Gasteiger partial charge is 0.240 e. The van der Waals surface area contributed by atoms with E-state index in [2.05, 4.69) is 15.9 Å². The van der Waals surface area contributed by atoms with E-state index < -0.39 is 10.0 Å². The van der Waals surface area contributed by atoms with Crippen LogP contribution in [0.4, 0.5) is 5.69 Å². The van der Waals surface area contributed by atoms with Gasteiger partial charge in [-0.15, -0.1) is 0 Å². The molecule has 2 aromatic rings. The van der Waals surface area contributed by atoms with Gasteiger partial charge < -0.3 is 10.5 Å². The molecule has 4 N–H and O–H groups in total. The summed E-state index contributed by atoms with van der Waals surface area (Å²) in [5.74, 6) is 0.352. The molecule has 0 aromatic heterocycles. The second kappa shape index (κ2) is 6.02. The van der Waals surface area contributed by atoms with Crippen LogP contribution < -0.4 is 15.6 Å². The fourth-order valence-electron chi connectivity index (χ4n) is 1.56. The van der Waals surface area contributed by atoms with E-state index in [1.54, 1.807) is 6.07 Å². The van der Waals surface area contributed by atoms with Crippen LogP contribution in [0.25, 0.3) is 0 Å². The minimum Gasteiger partial charge on any atom is -0.454 e. The number of rotatable bonds is 3. The number of anilines is 1. The SMILES string of the molecule is Nc1c(Oc2cc(Cl)c(Br)cc2Cl)cccc1S(N)(=O)=O. The number of sulfonamides is 1. The van der Waals surface area contributed by atoms with E-state index in [-0.39, 0.29) is 27.1 Å². The molecule has 2 rings (SSSR count). The van der Waals surface area contributed by atoms with Crippen molar-refractivity contribution in [1.29, 1.82) is 0 Å². The summed E-state index contributed by atoms with van der Waals surface area (Å²) in [4.78, 5) is -0.223. The number of para-hydroxylation sites is 1. The van der Waals surface area contributed by atoms with Crippen molar-refractivity contribution in [3.05, 3.63) is 44.8 Å². The van der Waals surface area contributed by atoms with Gasteiger partial charge in [0.2, 0.25) is 10.0 Å². The molecule has 0 unspecified atom stereocenters. The van der Waals surface area contributed by atoms with Gasteiger partial charge in [-0.2, -0.15) is 0 Å². The highest BCUT2D eigenvalue weighted by molar-refractivity contribution is 9.10. The van der Waals surface area contributed by atoms with Gasteiger partial charge in [0, 0.05) is 10.5 Å². The Labute approximate surface area is 140 Å². The van der Waals surface area contributed by atoms with Gasteiger partial charge in [-0.3, -0.25) is 0 Å². The molecule has 0 aliphatic carbocycles. The molecule has 0 saturated heterocycles. The summed E-state index contributed by atoms with van der Waals surface area (Å²) in [5.41, 5.74) is 5.66. The maximum atomic E-state index is 11.4. The molecule has 0 bridgehead atoms. The van der Waals surface area contributed by atoms with Gasteiger partial charge in [-0.1, -0.05) is 29.3 Å². The van der Waals surface area contributed by atoms with Gasteiger partial charge in [0.1, 0.15) is 10.6 Å². The Morgan fingerprint density at radius 3 is 2.38 bits per heavy atom. The highest BCUT2D eigenvalue weighted by Crippen LogP contribution is 2.39. The summed E-state index contributed by atoms with van der Waals surface area (Å²) in [6.07, 6.45) is 0. The van der Waals surface area contributed by atoms with E-state index in [4.69, 9.17) is 38.8 Å². The van der Waals surface area contributed by atoms with Gasteiger partial charge in [-0.05, 0) is 34.1 Å². The number of ether oxygens (including phenoxy) is 1. The molecule has 0 amide bonds. The van der Waals surface area contributed by atoms with E-state index in [9.17, 15) is 8.42 Å². The summed E-state index contributed by atoms with van der Waals surface area (Å²) in [6, 6.07) is 7.28. The van der Waals surface area contributed by atoms with Crippen LogP contribution in [0.15, 0.2) is 39.7 Å². The third-order valence-corrected chi connectivity index (χ3v) is 4.99. The van der Waals surface area contributed by atoms with Crippen LogP contribution in [0.1, 0.15) is 0 Å². The van der Waals surface area contributed by atoms with E-state index in [1.807, 2.05) is 0 Å². The maximum Gasteiger partial charge on any atom is 0.240 e. The molecule has 112 valence electrons. The number of hydrogen-bond acceptors (Lipinski definition) is 4. The first-order valence-electron chi connectivity index (χ1n) is 5.44. The van der Waals surface area contributed by atoms with Crippen molar-refractivity contribution >= 4 is 54.8 Å². The van der Waals surface area contributed by atoms with Crippen molar-refractivity contribution < 1.29 is 13.2 Å². The maximum absolute atomic E-state index is 11.4. The van der Waals surface area contributed by atoms with Gasteiger partial charge in [0.15, 0.2) is 5.75 Å². The van der Waals surface area contributed by atoms with Crippen molar-refractivity contribution in [2.75, 3.05) is 5.73 Å². The van der Waals surface area contributed by atoms with E-state index >= 15 is 0 Å². The minimum absolute atomic E-state index is 0.102. The second-order valence-electron chi connectivity index (χ2n) is 4.01. The first-order chi connectivity index (χ1) is 9.70. The van der Waals surface area contributed by atoms with E-state index in [0.717, 1.165) is 0 Å².